The van der Waals surface area contributed by atoms with Gasteiger partial charge in [0, 0.05) is 25.1 Å². The SMILES string of the molecule is C[C@H](COCc1ccccc1)Oc1cccc2c1B(O)O[C@@H]2CN(Cc1ccccc1)Cc1ccccc1. The standard InChI is InChI=1S/C32H34BNO4/c1-25(23-36-24-28-16-9-4-10-17-28)37-30-19-11-18-29-31(38-33(35)32(29)30)22-34(20-26-12-5-2-6-13-26)21-27-14-7-3-8-15-27/h2-19,25,31,35H,20-24H2,1H3/t25-,31-/m1/s1. The van der Waals surface area contributed by atoms with Gasteiger partial charge in [0.05, 0.1) is 19.3 Å². The molecule has 5 nitrogen and oxygen atoms in total. The number of ether oxygens (including phenoxy) is 2. The highest BCUT2D eigenvalue weighted by atomic mass is 16.5. The first kappa shape index (κ1) is 26.2. The van der Waals surface area contributed by atoms with E-state index in [0.717, 1.165) is 24.2 Å². The van der Waals surface area contributed by atoms with Crippen LogP contribution in [0.5, 0.6) is 5.75 Å². The first-order chi connectivity index (χ1) is 18.7. The fourth-order valence-electron chi connectivity index (χ4n) is 4.92. The third kappa shape index (κ3) is 6.91. The molecule has 0 aromatic heterocycles. The van der Waals surface area contributed by atoms with Crippen molar-refractivity contribution >= 4 is 12.6 Å². The molecule has 2 atom stereocenters. The summed E-state index contributed by atoms with van der Waals surface area (Å²) in [6, 6.07) is 36.9. The minimum Gasteiger partial charge on any atom is -0.489 e. The van der Waals surface area contributed by atoms with Gasteiger partial charge in [-0.3, -0.25) is 4.90 Å². The summed E-state index contributed by atoms with van der Waals surface area (Å²) in [5.41, 5.74) is 5.29. The fourth-order valence-corrected chi connectivity index (χ4v) is 4.92. The van der Waals surface area contributed by atoms with E-state index in [9.17, 15) is 5.02 Å². The first-order valence-electron chi connectivity index (χ1n) is 13.2. The van der Waals surface area contributed by atoms with Gasteiger partial charge in [0.1, 0.15) is 11.9 Å². The van der Waals surface area contributed by atoms with Crippen LogP contribution in [0.15, 0.2) is 109 Å². The minimum atomic E-state index is -1.03. The predicted molar refractivity (Wildman–Crippen MR) is 151 cm³/mol. The number of nitrogens with zero attached hydrogens (tertiary/aromatic N) is 1. The molecule has 0 unspecified atom stereocenters. The summed E-state index contributed by atoms with van der Waals surface area (Å²) in [5.74, 6) is 0.644. The Kier molecular flexibility index (Phi) is 8.89. The van der Waals surface area contributed by atoms with Gasteiger partial charge in [0.2, 0.25) is 0 Å². The normalized spacial score (nSPS) is 15.4. The molecule has 0 fully saturated rings. The molecule has 1 heterocycles. The summed E-state index contributed by atoms with van der Waals surface area (Å²) >= 11 is 0. The lowest BCUT2D eigenvalue weighted by atomic mass is 9.78. The van der Waals surface area contributed by atoms with Crippen molar-refractivity contribution in [2.75, 3.05) is 13.2 Å². The van der Waals surface area contributed by atoms with E-state index in [0.29, 0.717) is 31.0 Å². The molecule has 0 saturated carbocycles. The Bertz CT molecular complexity index is 1230. The quantitative estimate of drug-likeness (QED) is 0.270. The zero-order valence-corrected chi connectivity index (χ0v) is 21.8. The van der Waals surface area contributed by atoms with Crippen LogP contribution >= 0.6 is 0 Å². The summed E-state index contributed by atoms with van der Waals surface area (Å²) in [5, 5.41) is 10.9. The average Bonchev–Trinajstić information content (AvgIpc) is 3.26. The smallest absolute Gasteiger partial charge is 0.489 e. The molecule has 0 saturated heterocycles. The van der Waals surface area contributed by atoms with Crippen LogP contribution in [0, 0.1) is 0 Å². The van der Waals surface area contributed by atoms with Crippen LogP contribution in [-0.2, 0) is 29.1 Å². The number of hydrogen-bond acceptors (Lipinski definition) is 5. The van der Waals surface area contributed by atoms with E-state index in [-0.39, 0.29) is 12.2 Å². The molecule has 1 aliphatic rings. The lowest BCUT2D eigenvalue weighted by molar-refractivity contribution is 0.0497. The molecular formula is C32H34BNO4. The van der Waals surface area contributed by atoms with Gasteiger partial charge in [-0.15, -0.1) is 0 Å². The van der Waals surface area contributed by atoms with E-state index in [1.165, 1.54) is 11.1 Å². The molecule has 194 valence electrons. The lowest BCUT2D eigenvalue weighted by Crippen LogP contribution is -2.32. The van der Waals surface area contributed by atoms with Crippen LogP contribution in [0.3, 0.4) is 0 Å². The topological polar surface area (TPSA) is 51.2 Å². The second kappa shape index (κ2) is 12.9. The molecule has 0 aliphatic carbocycles. The van der Waals surface area contributed by atoms with Gasteiger partial charge < -0.3 is 19.2 Å². The van der Waals surface area contributed by atoms with Crippen molar-refractivity contribution in [1.29, 1.82) is 0 Å². The van der Waals surface area contributed by atoms with Crippen LogP contribution < -0.4 is 10.2 Å². The number of rotatable bonds is 12. The van der Waals surface area contributed by atoms with Crippen molar-refractivity contribution < 1.29 is 19.2 Å². The van der Waals surface area contributed by atoms with Gasteiger partial charge in [-0.05, 0) is 35.2 Å². The molecule has 38 heavy (non-hydrogen) atoms. The third-order valence-corrected chi connectivity index (χ3v) is 6.70. The second-order valence-corrected chi connectivity index (χ2v) is 9.81. The Morgan fingerprint density at radius 3 is 1.97 bits per heavy atom. The highest BCUT2D eigenvalue weighted by Gasteiger charge is 2.39. The van der Waals surface area contributed by atoms with Crippen LogP contribution in [0.1, 0.15) is 35.3 Å². The maximum absolute atomic E-state index is 10.9. The molecule has 1 N–H and O–H groups in total. The van der Waals surface area contributed by atoms with E-state index < -0.39 is 7.12 Å². The Morgan fingerprint density at radius 2 is 1.37 bits per heavy atom. The summed E-state index contributed by atoms with van der Waals surface area (Å²) < 4.78 is 18.2. The van der Waals surface area contributed by atoms with Crippen molar-refractivity contribution in [3.8, 4) is 5.75 Å². The molecule has 4 aromatic rings. The Morgan fingerprint density at radius 1 is 0.789 bits per heavy atom. The largest absolute Gasteiger partial charge is 0.495 e. The van der Waals surface area contributed by atoms with E-state index >= 15 is 0 Å². The van der Waals surface area contributed by atoms with Crippen molar-refractivity contribution in [3.05, 3.63) is 131 Å². The Hall–Kier alpha value is -3.42. The molecule has 0 radical (unpaired) electrons. The van der Waals surface area contributed by atoms with Crippen LogP contribution in [0.4, 0.5) is 0 Å². The molecule has 0 bridgehead atoms. The molecule has 4 aromatic carbocycles. The van der Waals surface area contributed by atoms with Crippen LogP contribution in [-0.4, -0.2) is 36.3 Å². The van der Waals surface area contributed by atoms with E-state index in [4.69, 9.17) is 14.1 Å². The maximum Gasteiger partial charge on any atom is 0.495 e. The monoisotopic (exact) mass is 507 g/mol. The summed E-state index contributed by atoms with van der Waals surface area (Å²) in [6.45, 7) is 5.17. The van der Waals surface area contributed by atoms with Crippen LogP contribution in [0.2, 0.25) is 0 Å². The maximum atomic E-state index is 10.9. The third-order valence-electron chi connectivity index (χ3n) is 6.70. The highest BCUT2D eigenvalue weighted by molar-refractivity contribution is 6.62. The predicted octanol–water partition coefficient (Wildman–Crippen LogP) is 5.13. The highest BCUT2D eigenvalue weighted by Crippen LogP contribution is 2.30. The summed E-state index contributed by atoms with van der Waals surface area (Å²) in [4.78, 5) is 2.37. The van der Waals surface area contributed by atoms with E-state index in [1.807, 2.05) is 67.6 Å². The number of hydrogen-bond donors (Lipinski definition) is 1. The molecule has 0 amide bonds. The molecule has 0 spiro atoms. The molecule has 1 aliphatic heterocycles. The Labute approximate surface area is 225 Å². The number of fused-ring (bicyclic) bond motifs is 1. The zero-order valence-electron chi connectivity index (χ0n) is 21.8. The van der Waals surface area contributed by atoms with E-state index in [1.54, 1.807) is 0 Å². The van der Waals surface area contributed by atoms with Gasteiger partial charge in [0.15, 0.2) is 0 Å². The lowest BCUT2D eigenvalue weighted by Gasteiger charge is -2.26. The van der Waals surface area contributed by atoms with E-state index in [2.05, 4.69) is 53.4 Å². The van der Waals surface area contributed by atoms with Gasteiger partial charge in [-0.1, -0.05) is 103 Å². The molecule has 5 rings (SSSR count). The molecule has 6 heteroatoms. The van der Waals surface area contributed by atoms with Crippen LogP contribution in [0.25, 0.3) is 0 Å². The van der Waals surface area contributed by atoms with Gasteiger partial charge in [-0.25, -0.2) is 0 Å². The first-order valence-corrected chi connectivity index (χ1v) is 13.2. The van der Waals surface area contributed by atoms with Crippen molar-refractivity contribution in [2.45, 2.75) is 38.8 Å². The summed E-state index contributed by atoms with van der Waals surface area (Å²) in [7, 11) is -1.03. The number of benzene rings is 4. The van der Waals surface area contributed by atoms with Gasteiger partial charge in [-0.2, -0.15) is 0 Å². The average molecular weight is 507 g/mol. The summed E-state index contributed by atoms with van der Waals surface area (Å²) in [6.07, 6.45) is -0.440. The van der Waals surface area contributed by atoms with Crippen molar-refractivity contribution in [1.82, 2.24) is 4.90 Å². The second-order valence-electron chi connectivity index (χ2n) is 9.81. The van der Waals surface area contributed by atoms with Crippen molar-refractivity contribution in [3.63, 3.8) is 0 Å². The van der Waals surface area contributed by atoms with Crippen molar-refractivity contribution in [2.24, 2.45) is 0 Å². The Balaban J connectivity index is 1.27. The molecular weight excluding hydrogens is 473 g/mol. The minimum absolute atomic E-state index is 0.177. The van der Waals surface area contributed by atoms with Gasteiger partial charge >= 0.3 is 7.12 Å². The zero-order chi connectivity index (χ0) is 26.2. The van der Waals surface area contributed by atoms with Gasteiger partial charge in [0.25, 0.3) is 0 Å². The fraction of sp³-hybridized carbons (Fsp3) is 0.250.